The Kier molecular flexibility index (Phi) is 4.42. The highest BCUT2D eigenvalue weighted by Gasteiger charge is 2.14. The number of rotatable bonds is 3. The van der Waals surface area contributed by atoms with E-state index >= 15 is 0 Å². The molecule has 4 aromatic carbocycles. The second-order valence-electron chi connectivity index (χ2n) is 8.61. The van der Waals surface area contributed by atoms with Crippen molar-refractivity contribution in [1.29, 1.82) is 0 Å². The van der Waals surface area contributed by atoms with Crippen LogP contribution in [0.25, 0.3) is 61.0 Å². The zero-order chi connectivity index (χ0) is 23.2. The number of benzene rings is 4. The molecule has 0 aliphatic rings. The predicted octanol–water partition coefficient (Wildman–Crippen LogP) is 7.46. The Morgan fingerprint density at radius 2 is 1.29 bits per heavy atom. The lowest BCUT2D eigenvalue weighted by molar-refractivity contribution is 1.10. The highest BCUT2D eigenvalue weighted by atomic mass is 15.1. The SMILES string of the molecule is c1ccc(-n2c(-c3ccc(-c4cnc5c(ccc6cccnc65)c4)cc3)nc3ccccc32)cc1. The van der Waals surface area contributed by atoms with E-state index in [1.165, 1.54) is 0 Å². The van der Waals surface area contributed by atoms with Gasteiger partial charge < -0.3 is 0 Å². The molecular weight excluding hydrogens is 428 g/mol. The molecule has 4 heteroatoms. The van der Waals surface area contributed by atoms with Crippen LogP contribution in [0, 0.1) is 0 Å². The first-order valence-electron chi connectivity index (χ1n) is 11.6. The van der Waals surface area contributed by atoms with Gasteiger partial charge in [-0.3, -0.25) is 14.5 Å². The molecule has 0 radical (unpaired) electrons. The van der Waals surface area contributed by atoms with Gasteiger partial charge in [0, 0.05) is 40.0 Å². The van der Waals surface area contributed by atoms with Crippen LogP contribution in [-0.4, -0.2) is 19.5 Å². The zero-order valence-corrected chi connectivity index (χ0v) is 18.8. The number of aromatic nitrogens is 4. The first-order valence-corrected chi connectivity index (χ1v) is 11.6. The Hall–Kier alpha value is -4.83. The molecule has 3 heterocycles. The molecule has 3 aromatic heterocycles. The summed E-state index contributed by atoms with van der Waals surface area (Å²) in [7, 11) is 0. The average molecular weight is 449 g/mol. The molecule has 0 amide bonds. The maximum atomic E-state index is 4.98. The molecule has 0 saturated heterocycles. The van der Waals surface area contributed by atoms with Crippen LogP contribution in [0.4, 0.5) is 0 Å². The second-order valence-corrected chi connectivity index (χ2v) is 8.61. The molecule has 4 nitrogen and oxygen atoms in total. The summed E-state index contributed by atoms with van der Waals surface area (Å²) in [4.78, 5) is 14.3. The summed E-state index contributed by atoms with van der Waals surface area (Å²) in [6, 6.07) is 37.7. The van der Waals surface area contributed by atoms with Gasteiger partial charge in [-0.2, -0.15) is 0 Å². The van der Waals surface area contributed by atoms with Crippen LogP contribution < -0.4 is 0 Å². The van der Waals surface area contributed by atoms with Gasteiger partial charge >= 0.3 is 0 Å². The molecule has 0 saturated carbocycles. The van der Waals surface area contributed by atoms with E-state index < -0.39 is 0 Å². The van der Waals surface area contributed by atoms with E-state index in [0.717, 1.165) is 61.0 Å². The summed E-state index contributed by atoms with van der Waals surface area (Å²) in [5.41, 5.74) is 8.30. The van der Waals surface area contributed by atoms with E-state index in [1.807, 2.05) is 30.6 Å². The summed E-state index contributed by atoms with van der Waals surface area (Å²) >= 11 is 0. The molecule has 164 valence electrons. The quantitative estimate of drug-likeness (QED) is 0.264. The first-order chi connectivity index (χ1) is 17.3. The zero-order valence-electron chi connectivity index (χ0n) is 18.8. The molecule has 0 N–H and O–H groups in total. The molecule has 0 aliphatic heterocycles. The number of pyridine rings is 2. The molecule has 7 aromatic rings. The number of hydrogen-bond acceptors (Lipinski definition) is 3. The third-order valence-corrected chi connectivity index (χ3v) is 6.47. The summed E-state index contributed by atoms with van der Waals surface area (Å²) in [5.74, 6) is 0.929. The van der Waals surface area contributed by atoms with Crippen molar-refractivity contribution in [3.8, 4) is 28.2 Å². The third kappa shape index (κ3) is 3.27. The maximum Gasteiger partial charge on any atom is 0.145 e. The van der Waals surface area contributed by atoms with Gasteiger partial charge in [-0.25, -0.2) is 4.98 Å². The predicted molar refractivity (Wildman–Crippen MR) is 143 cm³/mol. The topological polar surface area (TPSA) is 43.6 Å². The molecule has 0 aliphatic carbocycles. The minimum absolute atomic E-state index is 0.929. The summed E-state index contributed by atoms with van der Waals surface area (Å²) in [6.45, 7) is 0. The Morgan fingerprint density at radius 3 is 2.17 bits per heavy atom. The Morgan fingerprint density at radius 1 is 0.543 bits per heavy atom. The Balaban J connectivity index is 1.32. The molecule has 0 bridgehead atoms. The molecule has 0 spiro atoms. The van der Waals surface area contributed by atoms with Gasteiger partial charge in [0.1, 0.15) is 5.82 Å². The van der Waals surface area contributed by atoms with Crippen LogP contribution in [0.1, 0.15) is 0 Å². The second kappa shape index (κ2) is 7.89. The number of fused-ring (bicyclic) bond motifs is 4. The molecule has 0 fully saturated rings. The normalized spacial score (nSPS) is 11.4. The van der Waals surface area contributed by atoms with Crippen molar-refractivity contribution in [1.82, 2.24) is 19.5 Å². The van der Waals surface area contributed by atoms with E-state index in [9.17, 15) is 0 Å². The van der Waals surface area contributed by atoms with Crippen molar-refractivity contribution >= 4 is 32.8 Å². The van der Waals surface area contributed by atoms with Gasteiger partial charge in [0.25, 0.3) is 0 Å². The van der Waals surface area contributed by atoms with Crippen molar-refractivity contribution in [3.63, 3.8) is 0 Å². The van der Waals surface area contributed by atoms with E-state index in [1.54, 1.807) is 0 Å². The van der Waals surface area contributed by atoms with Crippen molar-refractivity contribution in [2.75, 3.05) is 0 Å². The van der Waals surface area contributed by atoms with Gasteiger partial charge in [0.2, 0.25) is 0 Å². The van der Waals surface area contributed by atoms with Gasteiger partial charge in [-0.05, 0) is 42.0 Å². The Labute approximate surface area is 202 Å². The van der Waals surface area contributed by atoms with Gasteiger partial charge in [-0.1, -0.05) is 72.8 Å². The number of para-hydroxylation sites is 3. The lowest BCUT2D eigenvalue weighted by Gasteiger charge is -2.10. The third-order valence-electron chi connectivity index (χ3n) is 6.47. The lowest BCUT2D eigenvalue weighted by atomic mass is 10.0. The maximum absolute atomic E-state index is 4.98. The first kappa shape index (κ1) is 19.6. The molecule has 35 heavy (non-hydrogen) atoms. The Bertz CT molecular complexity index is 1830. The van der Waals surface area contributed by atoms with Gasteiger partial charge in [0.05, 0.1) is 22.1 Å². The minimum atomic E-state index is 0.929. The number of hydrogen-bond donors (Lipinski definition) is 0. The van der Waals surface area contributed by atoms with Crippen molar-refractivity contribution in [2.24, 2.45) is 0 Å². The smallest absolute Gasteiger partial charge is 0.145 e. The lowest BCUT2D eigenvalue weighted by Crippen LogP contribution is -1.97. The fraction of sp³-hybridized carbons (Fsp3) is 0. The minimum Gasteiger partial charge on any atom is -0.292 e. The fourth-order valence-corrected chi connectivity index (χ4v) is 4.76. The summed E-state index contributed by atoms with van der Waals surface area (Å²) < 4.78 is 2.22. The standard InChI is InChI=1S/C31H20N4/c1-2-8-26(9-3-1)35-28-11-5-4-10-27(28)34-31(35)23-15-12-21(13-16-23)25-19-24-17-14-22-7-6-18-32-29(22)30(24)33-20-25/h1-20H. The summed E-state index contributed by atoms with van der Waals surface area (Å²) in [6.07, 6.45) is 3.75. The number of nitrogens with zero attached hydrogens (tertiary/aromatic N) is 4. The number of imidazole rings is 1. The van der Waals surface area contributed by atoms with E-state index in [0.29, 0.717) is 0 Å². The monoisotopic (exact) mass is 448 g/mol. The van der Waals surface area contributed by atoms with Crippen LogP contribution in [0.2, 0.25) is 0 Å². The van der Waals surface area contributed by atoms with E-state index in [-0.39, 0.29) is 0 Å². The molecule has 0 atom stereocenters. The average Bonchev–Trinajstić information content (AvgIpc) is 3.33. The van der Waals surface area contributed by atoms with Crippen molar-refractivity contribution in [2.45, 2.75) is 0 Å². The van der Waals surface area contributed by atoms with Gasteiger partial charge in [0.15, 0.2) is 0 Å². The van der Waals surface area contributed by atoms with Crippen LogP contribution in [0.15, 0.2) is 122 Å². The van der Waals surface area contributed by atoms with Crippen LogP contribution >= 0.6 is 0 Å². The fourth-order valence-electron chi connectivity index (χ4n) is 4.76. The highest BCUT2D eigenvalue weighted by molar-refractivity contribution is 6.03. The highest BCUT2D eigenvalue weighted by Crippen LogP contribution is 2.31. The molecular formula is C31H20N4. The van der Waals surface area contributed by atoms with Crippen molar-refractivity contribution in [3.05, 3.63) is 122 Å². The largest absolute Gasteiger partial charge is 0.292 e. The molecule has 7 rings (SSSR count). The van der Waals surface area contributed by atoms with E-state index in [4.69, 9.17) is 9.97 Å². The summed E-state index contributed by atoms with van der Waals surface area (Å²) in [5, 5.41) is 2.19. The molecule has 0 unspecified atom stereocenters. The van der Waals surface area contributed by atoms with Crippen LogP contribution in [0.3, 0.4) is 0 Å². The van der Waals surface area contributed by atoms with Crippen LogP contribution in [0.5, 0.6) is 0 Å². The van der Waals surface area contributed by atoms with E-state index in [2.05, 4.69) is 101 Å². The van der Waals surface area contributed by atoms with Crippen LogP contribution in [-0.2, 0) is 0 Å². The van der Waals surface area contributed by atoms with Crippen molar-refractivity contribution < 1.29 is 0 Å². The van der Waals surface area contributed by atoms with Gasteiger partial charge in [-0.15, -0.1) is 0 Å².